The van der Waals surface area contributed by atoms with E-state index in [2.05, 4.69) is 10.9 Å². The van der Waals surface area contributed by atoms with Crippen LogP contribution in [0.25, 0.3) is 0 Å². The minimum Gasteiger partial charge on any atom is -0.489 e. The molecule has 0 atom stereocenters. The fraction of sp³-hybridized carbons (Fsp3) is 0.182. The molecule has 0 saturated carbocycles. The van der Waals surface area contributed by atoms with Crippen molar-refractivity contribution in [3.63, 3.8) is 0 Å². The molecule has 0 saturated heterocycles. The number of hydrazine groups is 1. The minimum absolute atomic E-state index is 0.288. The number of benzene rings is 2. The summed E-state index contributed by atoms with van der Waals surface area (Å²) in [6.07, 6.45) is 3.22. The van der Waals surface area contributed by atoms with E-state index in [1.165, 1.54) is 21.8 Å². The van der Waals surface area contributed by atoms with Crippen LogP contribution in [0.5, 0.6) is 5.75 Å². The van der Waals surface area contributed by atoms with Crippen LogP contribution in [0.4, 0.5) is 0 Å². The van der Waals surface area contributed by atoms with Crippen molar-refractivity contribution in [3.05, 3.63) is 87.1 Å². The van der Waals surface area contributed by atoms with Crippen LogP contribution in [-0.2, 0) is 19.4 Å². The van der Waals surface area contributed by atoms with E-state index in [0.717, 1.165) is 24.8 Å². The molecule has 1 heterocycles. The second-order valence-corrected chi connectivity index (χ2v) is 7.76. The van der Waals surface area contributed by atoms with Crippen molar-refractivity contribution in [2.45, 2.75) is 25.9 Å². The summed E-state index contributed by atoms with van der Waals surface area (Å²) in [6.45, 7) is 0.422. The molecule has 0 fully saturated rings. The van der Waals surface area contributed by atoms with Gasteiger partial charge in [0, 0.05) is 10.4 Å². The van der Waals surface area contributed by atoms with Gasteiger partial charge in [0.15, 0.2) is 0 Å². The summed E-state index contributed by atoms with van der Waals surface area (Å²) in [5.41, 5.74) is 7.69. The molecule has 2 N–H and O–H groups in total. The Morgan fingerprint density at radius 1 is 0.929 bits per heavy atom. The second kappa shape index (κ2) is 8.27. The van der Waals surface area contributed by atoms with Crippen molar-refractivity contribution >= 4 is 23.2 Å². The van der Waals surface area contributed by atoms with E-state index >= 15 is 0 Å². The quantitative estimate of drug-likeness (QED) is 0.648. The molecule has 0 bridgehead atoms. The van der Waals surface area contributed by atoms with E-state index in [1.54, 1.807) is 24.3 Å². The van der Waals surface area contributed by atoms with Crippen molar-refractivity contribution in [1.82, 2.24) is 10.9 Å². The van der Waals surface area contributed by atoms with Crippen LogP contribution in [0.15, 0.2) is 60.7 Å². The summed E-state index contributed by atoms with van der Waals surface area (Å²) < 4.78 is 5.75. The molecular formula is C22H20N2O3S. The van der Waals surface area contributed by atoms with E-state index in [1.807, 2.05) is 36.4 Å². The van der Waals surface area contributed by atoms with Gasteiger partial charge in [-0.3, -0.25) is 20.4 Å². The zero-order valence-electron chi connectivity index (χ0n) is 15.2. The van der Waals surface area contributed by atoms with Crippen LogP contribution >= 0.6 is 11.3 Å². The Kier molecular flexibility index (Phi) is 5.39. The fourth-order valence-corrected chi connectivity index (χ4v) is 4.31. The zero-order chi connectivity index (χ0) is 19.3. The highest BCUT2D eigenvalue weighted by Gasteiger charge is 2.19. The van der Waals surface area contributed by atoms with E-state index in [9.17, 15) is 9.59 Å². The van der Waals surface area contributed by atoms with Gasteiger partial charge in [-0.15, -0.1) is 11.3 Å². The molecule has 4 rings (SSSR count). The SMILES string of the molecule is O=C(NNC(=O)c1cc2c(s1)CCC2)c1cccc(OCc2ccccc2)c1. The van der Waals surface area contributed by atoms with Crippen LogP contribution in [0.1, 0.15) is 42.5 Å². The maximum atomic E-state index is 12.4. The lowest BCUT2D eigenvalue weighted by atomic mass is 10.2. The Labute approximate surface area is 167 Å². The van der Waals surface area contributed by atoms with Gasteiger partial charge in [0.25, 0.3) is 11.8 Å². The lowest BCUT2D eigenvalue weighted by molar-refractivity contribution is 0.0848. The molecule has 5 nitrogen and oxygen atoms in total. The fourth-order valence-electron chi connectivity index (χ4n) is 3.16. The number of fused-ring (bicyclic) bond motifs is 1. The second-order valence-electron chi connectivity index (χ2n) is 6.62. The Balaban J connectivity index is 1.33. The van der Waals surface area contributed by atoms with Crippen molar-refractivity contribution < 1.29 is 14.3 Å². The number of ether oxygens (including phenoxy) is 1. The number of aryl methyl sites for hydroxylation is 2. The zero-order valence-corrected chi connectivity index (χ0v) is 16.1. The third kappa shape index (κ3) is 4.23. The highest BCUT2D eigenvalue weighted by atomic mass is 32.1. The number of carbonyl (C=O) groups is 2. The summed E-state index contributed by atoms with van der Waals surface area (Å²) in [7, 11) is 0. The Morgan fingerprint density at radius 2 is 1.75 bits per heavy atom. The third-order valence-corrected chi connectivity index (χ3v) is 5.84. The van der Waals surface area contributed by atoms with Crippen LogP contribution in [-0.4, -0.2) is 11.8 Å². The van der Waals surface area contributed by atoms with E-state index in [-0.39, 0.29) is 11.8 Å². The number of hydrogen-bond acceptors (Lipinski definition) is 4. The first-order chi connectivity index (χ1) is 13.7. The molecule has 3 aromatic rings. The number of amides is 2. The van der Waals surface area contributed by atoms with E-state index < -0.39 is 0 Å². The monoisotopic (exact) mass is 392 g/mol. The first-order valence-corrected chi connectivity index (χ1v) is 10.00. The topological polar surface area (TPSA) is 67.4 Å². The van der Waals surface area contributed by atoms with Crippen molar-refractivity contribution in [1.29, 1.82) is 0 Å². The molecule has 1 aliphatic carbocycles. The van der Waals surface area contributed by atoms with Crippen LogP contribution in [0.3, 0.4) is 0 Å². The standard InChI is InChI=1S/C22H20N2O3S/c25-21(23-24-22(26)20-13-16-8-5-11-19(16)28-20)17-9-4-10-18(12-17)27-14-15-6-2-1-3-7-15/h1-4,6-7,9-10,12-13H,5,8,11,14H2,(H,23,25)(H,24,26). The summed E-state index contributed by atoms with van der Waals surface area (Å²) in [4.78, 5) is 26.5. The Hall–Kier alpha value is -3.12. The van der Waals surface area contributed by atoms with Crippen molar-refractivity contribution in [2.75, 3.05) is 0 Å². The third-order valence-electron chi connectivity index (χ3n) is 4.60. The predicted molar refractivity (Wildman–Crippen MR) is 108 cm³/mol. The molecule has 1 aromatic heterocycles. The number of hydrogen-bond donors (Lipinski definition) is 2. The van der Waals surface area contributed by atoms with Gasteiger partial charge >= 0.3 is 0 Å². The van der Waals surface area contributed by atoms with Gasteiger partial charge in [-0.05, 0) is 54.7 Å². The normalized spacial score (nSPS) is 12.3. The lowest BCUT2D eigenvalue weighted by Gasteiger charge is -2.09. The van der Waals surface area contributed by atoms with E-state index in [4.69, 9.17) is 4.74 Å². The van der Waals surface area contributed by atoms with Crippen molar-refractivity contribution in [3.8, 4) is 5.75 Å². The molecule has 0 radical (unpaired) electrons. The molecule has 2 aromatic carbocycles. The van der Waals surface area contributed by atoms with Gasteiger partial charge in [-0.25, -0.2) is 0 Å². The summed E-state index contributed by atoms with van der Waals surface area (Å²) in [6, 6.07) is 18.6. The molecule has 0 unspecified atom stereocenters. The Morgan fingerprint density at radius 3 is 2.57 bits per heavy atom. The van der Waals surface area contributed by atoms with Gasteiger partial charge in [0.05, 0.1) is 4.88 Å². The van der Waals surface area contributed by atoms with Crippen LogP contribution < -0.4 is 15.6 Å². The molecular weight excluding hydrogens is 372 g/mol. The molecule has 142 valence electrons. The summed E-state index contributed by atoms with van der Waals surface area (Å²) in [5, 5.41) is 0. The van der Waals surface area contributed by atoms with Gasteiger partial charge in [-0.2, -0.15) is 0 Å². The summed E-state index contributed by atoms with van der Waals surface area (Å²) >= 11 is 1.50. The number of nitrogens with one attached hydrogen (secondary N) is 2. The average molecular weight is 392 g/mol. The van der Waals surface area contributed by atoms with Gasteiger partial charge in [-0.1, -0.05) is 36.4 Å². The minimum atomic E-state index is -0.386. The van der Waals surface area contributed by atoms with Crippen LogP contribution in [0, 0.1) is 0 Å². The number of rotatable bonds is 5. The van der Waals surface area contributed by atoms with Crippen LogP contribution in [0.2, 0.25) is 0 Å². The first-order valence-electron chi connectivity index (χ1n) is 9.18. The van der Waals surface area contributed by atoms with Gasteiger partial charge in [0.2, 0.25) is 0 Å². The van der Waals surface area contributed by atoms with E-state index in [0.29, 0.717) is 22.8 Å². The molecule has 0 spiro atoms. The molecule has 0 aliphatic heterocycles. The maximum Gasteiger partial charge on any atom is 0.279 e. The maximum absolute atomic E-state index is 12.4. The molecule has 1 aliphatic rings. The first kappa shape index (κ1) is 18.3. The lowest BCUT2D eigenvalue weighted by Crippen LogP contribution is -2.41. The molecule has 2 amide bonds. The average Bonchev–Trinajstić information content (AvgIpc) is 3.34. The number of carbonyl (C=O) groups excluding carboxylic acids is 2. The van der Waals surface area contributed by atoms with Crippen molar-refractivity contribution in [2.24, 2.45) is 0 Å². The highest BCUT2D eigenvalue weighted by molar-refractivity contribution is 7.14. The molecule has 28 heavy (non-hydrogen) atoms. The molecule has 6 heteroatoms. The summed E-state index contributed by atoms with van der Waals surface area (Å²) in [5.74, 6) is -0.0793. The smallest absolute Gasteiger partial charge is 0.279 e. The largest absolute Gasteiger partial charge is 0.489 e. The number of thiophene rings is 1. The van der Waals surface area contributed by atoms with Gasteiger partial charge < -0.3 is 4.74 Å². The van der Waals surface area contributed by atoms with Gasteiger partial charge in [0.1, 0.15) is 12.4 Å². The highest BCUT2D eigenvalue weighted by Crippen LogP contribution is 2.30. The predicted octanol–water partition coefficient (Wildman–Crippen LogP) is 3.89. The Bertz CT molecular complexity index is 977.